The molecular weight excluding hydrogens is 504 g/mol. The Morgan fingerprint density at radius 1 is 0.816 bits per heavy atom. The van der Waals surface area contributed by atoms with Crippen LogP contribution in [0, 0.1) is 6.92 Å². The molecule has 4 aromatic rings. The van der Waals surface area contributed by atoms with Crippen LogP contribution in [0.1, 0.15) is 31.2 Å². The normalized spacial score (nSPS) is 10.6. The molecule has 38 heavy (non-hydrogen) atoms. The van der Waals surface area contributed by atoms with Crippen LogP contribution < -0.4 is 20.8 Å². The molecule has 3 aromatic carbocycles. The molecule has 1 aromatic heterocycles. The molecule has 190 valence electrons. The van der Waals surface area contributed by atoms with E-state index in [1.165, 1.54) is 29.7 Å². The van der Waals surface area contributed by atoms with E-state index in [0.29, 0.717) is 21.9 Å². The zero-order valence-corrected chi connectivity index (χ0v) is 21.0. The zero-order valence-electron chi connectivity index (χ0n) is 20.1. The number of anilines is 2. The van der Waals surface area contributed by atoms with Gasteiger partial charge in [-0.25, -0.2) is 10.2 Å². The third kappa shape index (κ3) is 6.99. The Hall–Kier alpha value is -5.09. The summed E-state index contributed by atoms with van der Waals surface area (Å²) in [5, 5.41) is 10.8. The van der Waals surface area contributed by atoms with Crippen LogP contribution >= 0.6 is 11.3 Å². The van der Waals surface area contributed by atoms with E-state index in [-0.39, 0.29) is 11.3 Å². The lowest BCUT2D eigenvalue weighted by Crippen LogP contribution is -2.33. The number of carbonyl (C=O) groups excluding carboxylic acids is 4. The van der Waals surface area contributed by atoms with Gasteiger partial charge in [0.05, 0.1) is 17.5 Å². The number of nitrogens with zero attached hydrogens (tertiary/aromatic N) is 1. The Morgan fingerprint density at radius 2 is 1.55 bits per heavy atom. The predicted octanol–water partition coefficient (Wildman–Crippen LogP) is 4.62. The van der Waals surface area contributed by atoms with Gasteiger partial charge in [-0.3, -0.25) is 14.4 Å². The molecule has 0 spiro atoms. The van der Waals surface area contributed by atoms with E-state index in [4.69, 9.17) is 4.74 Å². The molecule has 4 rings (SSSR count). The third-order valence-corrected chi connectivity index (χ3v) is 5.98. The number of benzene rings is 3. The number of hydrazone groups is 1. The molecule has 0 aliphatic carbocycles. The van der Waals surface area contributed by atoms with Gasteiger partial charge in [-0.2, -0.15) is 5.10 Å². The number of hydrogen-bond donors (Lipinski definition) is 3. The minimum absolute atomic E-state index is 0.175. The molecule has 0 radical (unpaired) electrons. The second kappa shape index (κ2) is 12.2. The summed E-state index contributed by atoms with van der Waals surface area (Å²) >= 11 is 1.28. The average Bonchev–Trinajstić information content (AvgIpc) is 3.47. The maximum atomic E-state index is 12.7. The number of carbonyl (C=O) groups is 4. The van der Waals surface area contributed by atoms with E-state index in [1.807, 2.05) is 19.1 Å². The van der Waals surface area contributed by atoms with Crippen LogP contribution in [-0.2, 0) is 9.59 Å². The fraction of sp³-hybridized carbons (Fsp3) is 0.0357. The number of ether oxygens (including phenoxy) is 1. The molecular formula is C28H22N4O5S. The number of thiophene rings is 1. The minimum atomic E-state index is -1.02. The number of rotatable bonds is 7. The lowest BCUT2D eigenvalue weighted by atomic mass is 10.1. The highest BCUT2D eigenvalue weighted by Crippen LogP contribution is 2.18. The lowest BCUT2D eigenvalue weighted by Gasteiger charge is -2.11. The van der Waals surface area contributed by atoms with E-state index in [9.17, 15) is 19.2 Å². The standard InChI is InChI=1S/C28H22N4O5S/c1-18-8-12-20(13-9-18)30-25(33)22-5-2-3-6-23(22)31-26(34)27(35)32-29-17-19-10-14-21(15-11-19)37-28(36)24-7-4-16-38-24/h2-17H,1H3,(H,30,33)(H,31,34)(H,32,35)/b29-17-. The van der Waals surface area contributed by atoms with Crippen LogP contribution in [0.2, 0.25) is 0 Å². The minimum Gasteiger partial charge on any atom is -0.422 e. The summed E-state index contributed by atoms with van der Waals surface area (Å²) in [6.45, 7) is 1.94. The quantitative estimate of drug-likeness (QED) is 0.107. The topological polar surface area (TPSA) is 126 Å². The number of hydrogen-bond acceptors (Lipinski definition) is 7. The average molecular weight is 527 g/mol. The monoisotopic (exact) mass is 526 g/mol. The molecule has 0 unspecified atom stereocenters. The van der Waals surface area contributed by atoms with E-state index in [1.54, 1.807) is 66.0 Å². The summed E-state index contributed by atoms with van der Waals surface area (Å²) in [5.41, 5.74) is 4.76. The number of amides is 3. The van der Waals surface area contributed by atoms with Crippen molar-refractivity contribution in [1.82, 2.24) is 5.43 Å². The molecule has 9 nitrogen and oxygen atoms in total. The molecule has 3 amide bonds. The van der Waals surface area contributed by atoms with Crippen molar-refractivity contribution < 1.29 is 23.9 Å². The van der Waals surface area contributed by atoms with Gasteiger partial charge < -0.3 is 15.4 Å². The highest BCUT2D eigenvalue weighted by molar-refractivity contribution is 7.12. The van der Waals surface area contributed by atoms with Crippen LogP contribution in [0.5, 0.6) is 5.75 Å². The van der Waals surface area contributed by atoms with Crippen LogP contribution in [0.15, 0.2) is 95.4 Å². The van der Waals surface area contributed by atoms with Gasteiger partial charge in [0.15, 0.2) is 0 Å². The summed E-state index contributed by atoms with van der Waals surface area (Å²) < 4.78 is 5.28. The SMILES string of the molecule is Cc1ccc(NC(=O)c2ccccc2NC(=O)C(=O)N/N=C\c2ccc(OC(=O)c3cccs3)cc2)cc1. The van der Waals surface area contributed by atoms with Crippen LogP contribution in [0.4, 0.5) is 11.4 Å². The Labute approximate surface area is 222 Å². The fourth-order valence-corrected chi connectivity index (χ4v) is 3.79. The first kappa shape index (κ1) is 26.0. The molecule has 0 aliphatic rings. The van der Waals surface area contributed by atoms with Gasteiger partial charge in [0.2, 0.25) is 0 Å². The first-order valence-corrected chi connectivity index (χ1v) is 12.2. The number of aryl methyl sites for hydroxylation is 1. The van der Waals surface area contributed by atoms with Crippen molar-refractivity contribution >= 4 is 52.6 Å². The molecule has 0 saturated carbocycles. The van der Waals surface area contributed by atoms with Crippen molar-refractivity contribution in [2.75, 3.05) is 10.6 Å². The van der Waals surface area contributed by atoms with E-state index in [2.05, 4.69) is 21.2 Å². The van der Waals surface area contributed by atoms with Crippen molar-refractivity contribution in [1.29, 1.82) is 0 Å². The van der Waals surface area contributed by atoms with Crippen LogP contribution in [0.3, 0.4) is 0 Å². The molecule has 1 heterocycles. The summed E-state index contributed by atoms with van der Waals surface area (Å²) in [5.74, 6) is -2.54. The molecule has 10 heteroatoms. The molecule has 0 atom stereocenters. The van der Waals surface area contributed by atoms with Crippen LogP contribution in [-0.4, -0.2) is 29.9 Å². The first-order valence-electron chi connectivity index (χ1n) is 11.4. The number of para-hydroxylation sites is 1. The van der Waals surface area contributed by atoms with E-state index >= 15 is 0 Å². The van der Waals surface area contributed by atoms with Crippen molar-refractivity contribution in [2.45, 2.75) is 6.92 Å². The molecule has 0 bridgehead atoms. The van der Waals surface area contributed by atoms with Gasteiger partial charge >= 0.3 is 17.8 Å². The Morgan fingerprint density at radius 3 is 2.26 bits per heavy atom. The smallest absolute Gasteiger partial charge is 0.353 e. The van der Waals surface area contributed by atoms with Gasteiger partial charge in [-0.05, 0) is 72.5 Å². The summed E-state index contributed by atoms with van der Waals surface area (Å²) in [6, 6.07) is 23.5. The van der Waals surface area contributed by atoms with Gasteiger partial charge in [0, 0.05) is 5.69 Å². The number of nitrogens with one attached hydrogen (secondary N) is 3. The van der Waals surface area contributed by atoms with E-state index < -0.39 is 23.7 Å². The zero-order chi connectivity index (χ0) is 26.9. The largest absolute Gasteiger partial charge is 0.422 e. The fourth-order valence-electron chi connectivity index (χ4n) is 3.19. The Balaban J connectivity index is 1.31. The van der Waals surface area contributed by atoms with Crippen LogP contribution in [0.25, 0.3) is 0 Å². The van der Waals surface area contributed by atoms with Gasteiger partial charge in [-0.1, -0.05) is 35.9 Å². The lowest BCUT2D eigenvalue weighted by molar-refractivity contribution is -0.136. The first-order chi connectivity index (χ1) is 18.4. The second-order valence-corrected chi connectivity index (χ2v) is 8.90. The van der Waals surface area contributed by atoms with Gasteiger partial charge in [0.1, 0.15) is 10.6 Å². The highest BCUT2D eigenvalue weighted by Gasteiger charge is 2.18. The maximum absolute atomic E-state index is 12.7. The van der Waals surface area contributed by atoms with Gasteiger partial charge in [0.25, 0.3) is 5.91 Å². The van der Waals surface area contributed by atoms with Crippen molar-refractivity contribution in [3.63, 3.8) is 0 Å². The molecule has 3 N–H and O–H groups in total. The summed E-state index contributed by atoms with van der Waals surface area (Å²) in [7, 11) is 0. The Kier molecular flexibility index (Phi) is 8.37. The molecule has 0 saturated heterocycles. The number of esters is 1. The van der Waals surface area contributed by atoms with Crippen molar-refractivity contribution in [3.8, 4) is 5.75 Å². The predicted molar refractivity (Wildman–Crippen MR) is 146 cm³/mol. The second-order valence-electron chi connectivity index (χ2n) is 7.95. The van der Waals surface area contributed by atoms with Crippen molar-refractivity contribution in [3.05, 3.63) is 112 Å². The van der Waals surface area contributed by atoms with Crippen molar-refractivity contribution in [2.24, 2.45) is 5.10 Å². The van der Waals surface area contributed by atoms with E-state index in [0.717, 1.165) is 5.56 Å². The summed E-state index contributed by atoms with van der Waals surface area (Å²) in [6.07, 6.45) is 1.33. The highest BCUT2D eigenvalue weighted by atomic mass is 32.1. The molecule has 0 aliphatic heterocycles. The van der Waals surface area contributed by atoms with Gasteiger partial charge in [-0.15, -0.1) is 11.3 Å². The molecule has 0 fully saturated rings. The maximum Gasteiger partial charge on any atom is 0.353 e. The summed E-state index contributed by atoms with van der Waals surface area (Å²) in [4.78, 5) is 49.9. The third-order valence-electron chi connectivity index (χ3n) is 5.13. The Bertz CT molecular complexity index is 1480.